The Bertz CT molecular complexity index is 3430. The average molecular weight is 783 g/mol. The SMILES string of the molecule is c1ccc(-c2ccc([Si](c3ccccc3)(c3ccccc3)c3ccccc3)cc2-n2c3ccccc3c3cc(-n4c5ccccc5n5c6ccccc6nc45)ccc32)cc1. The summed E-state index contributed by atoms with van der Waals surface area (Å²) in [5.74, 6) is 0.906. The van der Waals surface area contributed by atoms with Crippen LogP contribution in [0.3, 0.4) is 0 Å². The van der Waals surface area contributed by atoms with Crippen LogP contribution in [0.4, 0.5) is 0 Å². The van der Waals surface area contributed by atoms with Crippen LogP contribution in [0.15, 0.2) is 231 Å². The Labute approximate surface area is 348 Å². The summed E-state index contributed by atoms with van der Waals surface area (Å²) in [6, 6.07) is 84.6. The molecule has 0 amide bonds. The lowest BCUT2D eigenvalue weighted by atomic mass is 10.0. The highest BCUT2D eigenvalue weighted by Gasteiger charge is 2.42. The zero-order chi connectivity index (χ0) is 39.6. The molecular weight excluding hydrogens is 745 g/mol. The van der Waals surface area contributed by atoms with Gasteiger partial charge in [-0.1, -0.05) is 176 Å². The number of para-hydroxylation sites is 5. The van der Waals surface area contributed by atoms with Crippen LogP contribution in [0.5, 0.6) is 0 Å². The van der Waals surface area contributed by atoms with Gasteiger partial charge < -0.3 is 4.57 Å². The number of hydrogen-bond acceptors (Lipinski definition) is 1. The molecule has 0 aliphatic carbocycles. The highest BCUT2D eigenvalue weighted by Crippen LogP contribution is 2.38. The molecule has 0 saturated carbocycles. The first-order chi connectivity index (χ1) is 29.8. The summed E-state index contributed by atoms with van der Waals surface area (Å²) in [4.78, 5) is 5.20. The van der Waals surface area contributed by atoms with Crippen molar-refractivity contribution in [1.29, 1.82) is 0 Å². The smallest absolute Gasteiger partial charge is 0.220 e. The largest absolute Gasteiger partial charge is 0.309 e. The molecule has 0 N–H and O–H groups in total. The van der Waals surface area contributed by atoms with Gasteiger partial charge in [-0.15, -0.1) is 0 Å². The third-order valence-electron chi connectivity index (χ3n) is 12.4. The van der Waals surface area contributed by atoms with Gasteiger partial charge in [-0.25, -0.2) is 4.98 Å². The minimum absolute atomic E-state index is 0.906. The van der Waals surface area contributed by atoms with Gasteiger partial charge in [0.25, 0.3) is 0 Å². The van der Waals surface area contributed by atoms with Crippen LogP contribution in [-0.4, -0.2) is 26.6 Å². The molecule has 12 aromatic rings. The first-order valence-electron chi connectivity index (χ1n) is 20.6. The van der Waals surface area contributed by atoms with Crippen molar-refractivity contribution >= 4 is 78.5 Å². The molecule has 0 aliphatic rings. The fraction of sp³-hybridized carbons (Fsp3) is 0. The Morgan fingerprint density at radius 3 is 1.55 bits per heavy atom. The fourth-order valence-corrected chi connectivity index (χ4v) is 14.6. The molecule has 12 rings (SSSR count). The molecule has 0 fully saturated rings. The van der Waals surface area contributed by atoms with Crippen molar-refractivity contribution in [1.82, 2.24) is 18.5 Å². The summed E-state index contributed by atoms with van der Waals surface area (Å²) in [6.45, 7) is 0. The lowest BCUT2D eigenvalue weighted by Crippen LogP contribution is -2.74. The molecule has 0 spiro atoms. The summed E-state index contributed by atoms with van der Waals surface area (Å²) in [5, 5.41) is 7.78. The van der Waals surface area contributed by atoms with E-state index in [4.69, 9.17) is 4.98 Å². The van der Waals surface area contributed by atoms with E-state index in [0.717, 1.165) is 44.7 Å². The molecule has 0 atom stereocenters. The van der Waals surface area contributed by atoms with Gasteiger partial charge in [0.05, 0.1) is 38.8 Å². The van der Waals surface area contributed by atoms with Crippen molar-refractivity contribution in [3.63, 3.8) is 0 Å². The average Bonchev–Trinajstić information content (AvgIpc) is 3.97. The summed E-state index contributed by atoms with van der Waals surface area (Å²) in [6.07, 6.45) is 0. The normalized spacial score (nSPS) is 12.0. The van der Waals surface area contributed by atoms with E-state index in [-0.39, 0.29) is 0 Å². The van der Waals surface area contributed by atoms with Crippen LogP contribution in [0.1, 0.15) is 0 Å². The maximum atomic E-state index is 5.20. The van der Waals surface area contributed by atoms with Crippen molar-refractivity contribution in [2.75, 3.05) is 0 Å². The third kappa shape index (κ3) is 5.06. The maximum absolute atomic E-state index is 5.20. The van der Waals surface area contributed by atoms with Crippen LogP contribution in [0.25, 0.3) is 72.2 Å². The summed E-state index contributed by atoms with van der Waals surface area (Å²) in [7, 11) is -2.84. The van der Waals surface area contributed by atoms with Crippen LogP contribution >= 0.6 is 0 Å². The van der Waals surface area contributed by atoms with E-state index in [1.54, 1.807) is 0 Å². The molecule has 60 heavy (non-hydrogen) atoms. The number of nitrogens with zero attached hydrogens (tertiary/aromatic N) is 4. The highest BCUT2D eigenvalue weighted by atomic mass is 28.3. The predicted octanol–water partition coefficient (Wildman–Crippen LogP) is 10.6. The highest BCUT2D eigenvalue weighted by molar-refractivity contribution is 7.19. The standard InChI is InChI=1S/C55H38N4Si/c1-5-19-39(20-6-1)45-35-34-44(60(41-21-7-2-8-22-41,42-23-9-3-10-24-42)43-25-11-4-12-26-43)38-54(45)58-49-29-15-13-27-46(49)47-37-40(33-36-50(47)58)57-52-31-17-18-32-53(52)59-51-30-16-14-28-48(51)56-55(57)59/h1-38H. The quantitative estimate of drug-likeness (QED) is 0.117. The molecule has 282 valence electrons. The molecule has 5 heteroatoms. The molecular formula is C55H38N4Si. The predicted molar refractivity (Wildman–Crippen MR) is 253 cm³/mol. The second-order valence-corrected chi connectivity index (χ2v) is 19.4. The number of hydrogen-bond donors (Lipinski definition) is 0. The zero-order valence-corrected chi connectivity index (χ0v) is 33.7. The van der Waals surface area contributed by atoms with Gasteiger partial charge in [0.15, 0.2) is 8.07 Å². The molecule has 0 aliphatic heterocycles. The first-order valence-corrected chi connectivity index (χ1v) is 22.6. The zero-order valence-electron chi connectivity index (χ0n) is 32.7. The van der Waals surface area contributed by atoms with E-state index >= 15 is 0 Å². The van der Waals surface area contributed by atoms with Crippen LogP contribution in [0, 0.1) is 0 Å². The van der Waals surface area contributed by atoms with Gasteiger partial charge >= 0.3 is 0 Å². The van der Waals surface area contributed by atoms with Gasteiger partial charge in [-0.05, 0) is 80.9 Å². The second-order valence-electron chi connectivity index (χ2n) is 15.6. The van der Waals surface area contributed by atoms with E-state index in [9.17, 15) is 0 Å². The lowest BCUT2D eigenvalue weighted by molar-refractivity contribution is 1.11. The van der Waals surface area contributed by atoms with E-state index < -0.39 is 8.07 Å². The van der Waals surface area contributed by atoms with Crippen molar-refractivity contribution < 1.29 is 0 Å². The minimum atomic E-state index is -2.84. The topological polar surface area (TPSA) is 27.2 Å². The fourth-order valence-electron chi connectivity index (χ4n) is 9.84. The molecule has 0 bridgehead atoms. The van der Waals surface area contributed by atoms with Gasteiger partial charge in [0, 0.05) is 22.0 Å². The Balaban J connectivity index is 1.17. The van der Waals surface area contributed by atoms with Crippen molar-refractivity contribution in [3.8, 4) is 22.5 Å². The summed E-state index contributed by atoms with van der Waals surface area (Å²) in [5.41, 5.74) is 11.3. The van der Waals surface area contributed by atoms with E-state index in [0.29, 0.717) is 0 Å². The summed E-state index contributed by atoms with van der Waals surface area (Å²) >= 11 is 0. The number of aromatic nitrogens is 4. The van der Waals surface area contributed by atoms with Gasteiger partial charge in [0.1, 0.15) is 0 Å². The maximum Gasteiger partial charge on any atom is 0.220 e. The number of rotatable bonds is 7. The Morgan fingerprint density at radius 2 is 0.883 bits per heavy atom. The second kappa shape index (κ2) is 13.7. The molecule has 3 heterocycles. The van der Waals surface area contributed by atoms with Crippen molar-refractivity contribution in [3.05, 3.63) is 231 Å². The van der Waals surface area contributed by atoms with Gasteiger partial charge in [-0.3, -0.25) is 8.97 Å². The van der Waals surface area contributed by atoms with Gasteiger partial charge in [0.2, 0.25) is 5.78 Å². The molecule has 4 nitrogen and oxygen atoms in total. The minimum Gasteiger partial charge on any atom is -0.309 e. The van der Waals surface area contributed by atoms with Crippen molar-refractivity contribution in [2.24, 2.45) is 0 Å². The Morgan fingerprint density at radius 1 is 0.350 bits per heavy atom. The monoisotopic (exact) mass is 782 g/mol. The van der Waals surface area contributed by atoms with Gasteiger partial charge in [-0.2, -0.15) is 0 Å². The molecule has 9 aromatic carbocycles. The third-order valence-corrected chi connectivity index (χ3v) is 17.2. The van der Waals surface area contributed by atoms with Crippen LogP contribution < -0.4 is 20.7 Å². The number of fused-ring (bicyclic) bond motifs is 8. The van der Waals surface area contributed by atoms with Crippen LogP contribution in [-0.2, 0) is 0 Å². The van der Waals surface area contributed by atoms with Crippen molar-refractivity contribution in [2.45, 2.75) is 0 Å². The summed E-state index contributed by atoms with van der Waals surface area (Å²) < 4.78 is 7.11. The Hall–Kier alpha value is -7.73. The molecule has 0 unspecified atom stereocenters. The first kappa shape index (κ1) is 34.3. The molecule has 0 saturated heterocycles. The molecule has 3 aromatic heterocycles. The number of imidazole rings is 2. The van der Waals surface area contributed by atoms with Crippen LogP contribution in [0.2, 0.25) is 0 Å². The van der Waals surface area contributed by atoms with E-state index in [1.807, 2.05) is 0 Å². The van der Waals surface area contributed by atoms with E-state index in [1.165, 1.54) is 48.2 Å². The van der Waals surface area contributed by atoms with E-state index in [2.05, 4.69) is 244 Å². The number of benzene rings is 9. The lowest BCUT2D eigenvalue weighted by Gasteiger charge is -2.35. The Kier molecular flexibility index (Phi) is 7.83. The molecule has 0 radical (unpaired) electrons.